The van der Waals surface area contributed by atoms with Gasteiger partial charge < -0.3 is 10.5 Å². The Morgan fingerprint density at radius 2 is 2.15 bits per heavy atom. The Balaban J connectivity index is 2.21. The standard InChI is InChI=1S/C12H17N3O4S/c1-8(2)19-12(16)14-20(17,18)15-6-5-9-3-4-10(13)7-11(9)15/h3-4,7-8H,5-6,13H2,1-2H3,(H,14,16). The van der Waals surface area contributed by atoms with Crippen molar-refractivity contribution >= 4 is 27.7 Å². The van der Waals surface area contributed by atoms with E-state index in [1.165, 1.54) is 0 Å². The number of nitrogens with zero attached hydrogens (tertiary/aromatic N) is 1. The van der Waals surface area contributed by atoms with Crippen molar-refractivity contribution in [2.24, 2.45) is 0 Å². The van der Waals surface area contributed by atoms with E-state index in [1.54, 1.807) is 32.0 Å². The SMILES string of the molecule is CC(C)OC(=O)NS(=O)(=O)N1CCc2ccc(N)cc21. The smallest absolute Gasteiger partial charge is 0.422 e. The van der Waals surface area contributed by atoms with Gasteiger partial charge in [0.2, 0.25) is 0 Å². The van der Waals surface area contributed by atoms with Crippen molar-refractivity contribution in [2.75, 3.05) is 16.6 Å². The van der Waals surface area contributed by atoms with Crippen LogP contribution in [0.15, 0.2) is 18.2 Å². The van der Waals surface area contributed by atoms with Crippen LogP contribution in [-0.2, 0) is 21.4 Å². The van der Waals surface area contributed by atoms with Crippen LogP contribution in [0.25, 0.3) is 0 Å². The van der Waals surface area contributed by atoms with E-state index in [2.05, 4.69) is 0 Å². The summed E-state index contributed by atoms with van der Waals surface area (Å²) in [5.41, 5.74) is 7.51. The number of carbonyl (C=O) groups is 1. The van der Waals surface area contributed by atoms with Gasteiger partial charge >= 0.3 is 16.3 Å². The summed E-state index contributed by atoms with van der Waals surface area (Å²) >= 11 is 0. The number of ether oxygens (including phenoxy) is 1. The summed E-state index contributed by atoms with van der Waals surface area (Å²) in [6.45, 7) is 3.54. The second kappa shape index (κ2) is 5.20. The molecule has 0 radical (unpaired) electrons. The van der Waals surface area contributed by atoms with Crippen LogP contribution in [0.2, 0.25) is 0 Å². The molecular formula is C12H17N3O4S. The van der Waals surface area contributed by atoms with Gasteiger partial charge in [-0.2, -0.15) is 8.42 Å². The van der Waals surface area contributed by atoms with Gasteiger partial charge in [-0.25, -0.2) is 9.52 Å². The summed E-state index contributed by atoms with van der Waals surface area (Å²) in [6, 6.07) is 5.08. The molecule has 3 N–H and O–H groups in total. The highest BCUT2D eigenvalue weighted by Crippen LogP contribution is 2.31. The van der Waals surface area contributed by atoms with Crippen LogP contribution in [-0.4, -0.2) is 27.2 Å². The van der Waals surface area contributed by atoms with Crippen molar-refractivity contribution < 1.29 is 17.9 Å². The summed E-state index contributed by atoms with van der Waals surface area (Å²) in [7, 11) is -3.98. The Hall–Kier alpha value is -1.96. The molecule has 8 heteroatoms. The number of amides is 1. The average Bonchev–Trinajstić information content (AvgIpc) is 2.70. The molecule has 0 atom stereocenters. The minimum absolute atomic E-state index is 0.267. The van der Waals surface area contributed by atoms with Crippen LogP contribution in [0.4, 0.5) is 16.2 Å². The molecule has 2 rings (SSSR count). The maximum atomic E-state index is 12.2. The molecule has 0 saturated carbocycles. The number of carbonyl (C=O) groups excluding carboxylic acids is 1. The molecular weight excluding hydrogens is 282 g/mol. The maximum Gasteiger partial charge on any atom is 0.422 e. The van der Waals surface area contributed by atoms with Gasteiger partial charge in [-0.3, -0.25) is 4.31 Å². The zero-order valence-electron chi connectivity index (χ0n) is 11.3. The van der Waals surface area contributed by atoms with Crippen molar-refractivity contribution in [1.29, 1.82) is 0 Å². The summed E-state index contributed by atoms with van der Waals surface area (Å²) in [5, 5.41) is 0. The fourth-order valence-corrected chi connectivity index (χ4v) is 3.14. The maximum absolute atomic E-state index is 12.2. The van der Waals surface area contributed by atoms with Gasteiger partial charge in [-0.05, 0) is 38.0 Å². The molecule has 1 heterocycles. The van der Waals surface area contributed by atoms with Crippen LogP contribution in [0.3, 0.4) is 0 Å². The molecule has 0 unspecified atom stereocenters. The number of nitrogens with two attached hydrogens (primary N) is 1. The first-order valence-electron chi connectivity index (χ1n) is 6.19. The van der Waals surface area contributed by atoms with Crippen molar-refractivity contribution in [3.05, 3.63) is 23.8 Å². The number of hydrogen-bond donors (Lipinski definition) is 2. The fourth-order valence-electron chi connectivity index (χ4n) is 2.02. The van der Waals surface area contributed by atoms with Crippen LogP contribution < -0.4 is 14.8 Å². The second-order valence-electron chi connectivity index (χ2n) is 4.77. The minimum Gasteiger partial charge on any atom is -0.446 e. The zero-order valence-corrected chi connectivity index (χ0v) is 12.1. The van der Waals surface area contributed by atoms with E-state index in [4.69, 9.17) is 10.5 Å². The highest BCUT2D eigenvalue weighted by Gasteiger charge is 2.31. The molecule has 0 aliphatic carbocycles. The van der Waals surface area contributed by atoms with Gasteiger partial charge in [0.05, 0.1) is 11.8 Å². The second-order valence-corrected chi connectivity index (χ2v) is 6.37. The zero-order chi connectivity index (χ0) is 14.9. The summed E-state index contributed by atoms with van der Waals surface area (Å²) in [6.07, 6.45) is -0.806. The molecule has 1 amide bonds. The average molecular weight is 299 g/mol. The van der Waals surface area contributed by atoms with Crippen molar-refractivity contribution in [3.63, 3.8) is 0 Å². The van der Waals surface area contributed by atoms with Crippen LogP contribution in [0.5, 0.6) is 0 Å². The summed E-state index contributed by atoms with van der Waals surface area (Å²) in [4.78, 5) is 11.4. The van der Waals surface area contributed by atoms with Crippen molar-refractivity contribution in [3.8, 4) is 0 Å². The third-order valence-corrected chi connectivity index (χ3v) is 4.19. The molecule has 20 heavy (non-hydrogen) atoms. The van der Waals surface area contributed by atoms with E-state index in [0.29, 0.717) is 17.8 Å². The first-order valence-corrected chi connectivity index (χ1v) is 7.63. The van der Waals surface area contributed by atoms with Gasteiger partial charge in [0, 0.05) is 12.2 Å². The first-order chi connectivity index (χ1) is 9.29. The van der Waals surface area contributed by atoms with E-state index in [1.807, 2.05) is 4.72 Å². The lowest BCUT2D eigenvalue weighted by molar-refractivity contribution is 0.121. The predicted octanol–water partition coefficient (Wildman–Crippen LogP) is 1.01. The molecule has 7 nitrogen and oxygen atoms in total. The highest BCUT2D eigenvalue weighted by atomic mass is 32.2. The molecule has 0 aromatic heterocycles. The topological polar surface area (TPSA) is 102 Å². The van der Waals surface area contributed by atoms with Crippen LogP contribution in [0.1, 0.15) is 19.4 Å². The Morgan fingerprint density at radius 1 is 1.45 bits per heavy atom. The van der Waals surface area contributed by atoms with E-state index >= 15 is 0 Å². The Bertz CT molecular complexity index is 628. The van der Waals surface area contributed by atoms with E-state index in [-0.39, 0.29) is 6.54 Å². The number of benzene rings is 1. The molecule has 0 bridgehead atoms. The van der Waals surface area contributed by atoms with Crippen molar-refractivity contribution in [1.82, 2.24) is 4.72 Å². The monoisotopic (exact) mass is 299 g/mol. The predicted molar refractivity (Wildman–Crippen MR) is 75.6 cm³/mol. The third-order valence-electron chi connectivity index (χ3n) is 2.81. The Kier molecular flexibility index (Phi) is 3.76. The number of rotatable bonds is 3. The van der Waals surface area contributed by atoms with Gasteiger partial charge in [-0.15, -0.1) is 0 Å². The molecule has 110 valence electrons. The normalized spacial score (nSPS) is 14.2. The largest absolute Gasteiger partial charge is 0.446 e. The third kappa shape index (κ3) is 2.96. The molecule has 1 aliphatic rings. The van der Waals surface area contributed by atoms with Crippen LogP contribution in [0, 0.1) is 0 Å². The first kappa shape index (κ1) is 14.4. The van der Waals surface area contributed by atoms with Gasteiger partial charge in [-0.1, -0.05) is 6.07 Å². The number of nitrogen functional groups attached to an aromatic ring is 1. The molecule has 1 aliphatic heterocycles. The molecule has 0 spiro atoms. The van der Waals surface area contributed by atoms with Gasteiger partial charge in [0.15, 0.2) is 0 Å². The van der Waals surface area contributed by atoms with Gasteiger partial charge in [0.25, 0.3) is 0 Å². The number of nitrogens with one attached hydrogen (secondary N) is 1. The molecule has 0 saturated heterocycles. The fraction of sp³-hybridized carbons (Fsp3) is 0.417. The number of fused-ring (bicyclic) bond motifs is 1. The van der Waals surface area contributed by atoms with E-state index < -0.39 is 22.4 Å². The van der Waals surface area contributed by atoms with Crippen molar-refractivity contribution in [2.45, 2.75) is 26.4 Å². The van der Waals surface area contributed by atoms with Gasteiger partial charge in [0.1, 0.15) is 0 Å². The minimum atomic E-state index is -3.98. The molecule has 1 aromatic rings. The van der Waals surface area contributed by atoms with E-state index in [0.717, 1.165) is 9.87 Å². The lowest BCUT2D eigenvalue weighted by Crippen LogP contribution is -2.43. The quantitative estimate of drug-likeness (QED) is 0.811. The molecule has 0 fully saturated rings. The highest BCUT2D eigenvalue weighted by molar-refractivity contribution is 7.91. The molecule has 1 aromatic carbocycles. The Labute approximate surface area is 117 Å². The summed E-state index contributed by atoms with van der Waals surface area (Å²) in [5.74, 6) is 0. The summed E-state index contributed by atoms with van der Waals surface area (Å²) < 4.78 is 32.1. The number of hydrogen-bond acceptors (Lipinski definition) is 5. The van der Waals surface area contributed by atoms with Crippen LogP contribution >= 0.6 is 0 Å². The lowest BCUT2D eigenvalue weighted by Gasteiger charge is -2.20. The Morgan fingerprint density at radius 3 is 2.80 bits per heavy atom. The number of anilines is 2. The van der Waals surface area contributed by atoms with E-state index in [9.17, 15) is 13.2 Å². The lowest BCUT2D eigenvalue weighted by atomic mass is 10.1.